The van der Waals surface area contributed by atoms with E-state index in [1.807, 2.05) is 48.5 Å². The van der Waals surface area contributed by atoms with Gasteiger partial charge in [-0.05, 0) is 30.3 Å². The number of carbonyl (C=O) groups is 1. The average molecular weight is 366 g/mol. The molecule has 3 rings (SSSR count). The van der Waals surface area contributed by atoms with Crippen molar-refractivity contribution >= 4 is 23.7 Å². The van der Waals surface area contributed by atoms with E-state index in [0.717, 1.165) is 11.1 Å². The highest BCUT2D eigenvalue weighted by molar-refractivity contribution is 6.31. The molecule has 0 saturated carbocycles. The molecule has 0 fully saturated rings. The van der Waals surface area contributed by atoms with Crippen LogP contribution in [0.15, 0.2) is 78.2 Å². The van der Waals surface area contributed by atoms with E-state index >= 15 is 0 Å². The maximum Gasteiger partial charge on any atom is 0.272 e. The summed E-state index contributed by atoms with van der Waals surface area (Å²) in [6, 6.07) is 18.3. The first-order chi connectivity index (χ1) is 12.7. The molecule has 0 atom stereocenters. The standard InChI is InChI=1S/C20H16ClN3O2/c21-18-9-3-1-7-17(18)14-26-19-10-4-2-6-15(19)13-23-24-20(25)16-8-5-11-22-12-16/h1-13H,14H2,(H,24,25)/b23-13-. The van der Waals surface area contributed by atoms with Crippen LogP contribution >= 0.6 is 11.6 Å². The van der Waals surface area contributed by atoms with Crippen molar-refractivity contribution in [3.05, 3.63) is 94.8 Å². The predicted molar refractivity (Wildman–Crippen MR) is 102 cm³/mol. The maximum absolute atomic E-state index is 12.0. The van der Waals surface area contributed by atoms with Crippen molar-refractivity contribution in [3.8, 4) is 5.75 Å². The second-order valence-electron chi connectivity index (χ2n) is 5.36. The number of hydrogen-bond acceptors (Lipinski definition) is 4. The molecule has 1 amide bonds. The Morgan fingerprint density at radius 3 is 2.73 bits per heavy atom. The van der Waals surface area contributed by atoms with Gasteiger partial charge < -0.3 is 4.74 Å². The highest BCUT2D eigenvalue weighted by Crippen LogP contribution is 2.20. The van der Waals surface area contributed by atoms with Crippen molar-refractivity contribution < 1.29 is 9.53 Å². The summed E-state index contributed by atoms with van der Waals surface area (Å²) in [5.41, 5.74) is 4.55. The average Bonchev–Trinajstić information content (AvgIpc) is 2.69. The molecular formula is C20H16ClN3O2. The zero-order valence-corrected chi connectivity index (χ0v) is 14.6. The molecule has 0 saturated heterocycles. The van der Waals surface area contributed by atoms with Crippen molar-refractivity contribution in [1.29, 1.82) is 0 Å². The third-order valence-electron chi connectivity index (χ3n) is 3.55. The summed E-state index contributed by atoms with van der Waals surface area (Å²) < 4.78 is 5.85. The van der Waals surface area contributed by atoms with Gasteiger partial charge in [0.1, 0.15) is 12.4 Å². The first-order valence-corrected chi connectivity index (χ1v) is 8.30. The fourth-order valence-electron chi connectivity index (χ4n) is 2.21. The van der Waals surface area contributed by atoms with Crippen molar-refractivity contribution in [2.24, 2.45) is 5.10 Å². The first-order valence-electron chi connectivity index (χ1n) is 7.93. The summed E-state index contributed by atoms with van der Waals surface area (Å²) in [4.78, 5) is 15.9. The molecule has 0 aliphatic rings. The van der Waals surface area contributed by atoms with Gasteiger partial charge in [-0.3, -0.25) is 9.78 Å². The molecule has 3 aromatic rings. The number of para-hydroxylation sites is 1. The summed E-state index contributed by atoms with van der Waals surface area (Å²) in [7, 11) is 0. The number of rotatable bonds is 6. The lowest BCUT2D eigenvalue weighted by molar-refractivity contribution is 0.0954. The van der Waals surface area contributed by atoms with Gasteiger partial charge in [0.25, 0.3) is 5.91 Å². The lowest BCUT2D eigenvalue weighted by Gasteiger charge is -2.10. The van der Waals surface area contributed by atoms with Gasteiger partial charge in [0.2, 0.25) is 0 Å². The molecular weight excluding hydrogens is 350 g/mol. The Bertz CT molecular complexity index is 914. The van der Waals surface area contributed by atoms with E-state index in [2.05, 4.69) is 15.5 Å². The van der Waals surface area contributed by atoms with Crippen LogP contribution in [0.1, 0.15) is 21.5 Å². The molecule has 0 aliphatic carbocycles. The normalized spacial score (nSPS) is 10.7. The number of halogens is 1. The first kappa shape index (κ1) is 17.6. The zero-order valence-electron chi connectivity index (χ0n) is 13.8. The Hall–Kier alpha value is -3.18. The van der Waals surface area contributed by atoms with E-state index in [0.29, 0.717) is 22.9 Å². The zero-order chi connectivity index (χ0) is 18.2. The highest BCUT2D eigenvalue weighted by Gasteiger charge is 2.05. The molecule has 0 aliphatic heterocycles. The smallest absolute Gasteiger partial charge is 0.272 e. The van der Waals surface area contributed by atoms with Gasteiger partial charge in [-0.15, -0.1) is 0 Å². The Balaban J connectivity index is 1.65. The van der Waals surface area contributed by atoms with Crippen LogP contribution in [-0.4, -0.2) is 17.1 Å². The molecule has 1 N–H and O–H groups in total. The number of aromatic nitrogens is 1. The molecule has 1 heterocycles. The minimum Gasteiger partial charge on any atom is -0.488 e. The van der Waals surface area contributed by atoms with Crippen LogP contribution in [0, 0.1) is 0 Å². The van der Waals surface area contributed by atoms with E-state index in [1.165, 1.54) is 12.4 Å². The van der Waals surface area contributed by atoms with Gasteiger partial charge in [0.15, 0.2) is 0 Å². The van der Waals surface area contributed by atoms with Crippen LogP contribution in [0.2, 0.25) is 5.02 Å². The lowest BCUT2D eigenvalue weighted by Crippen LogP contribution is -2.17. The van der Waals surface area contributed by atoms with Crippen molar-refractivity contribution in [1.82, 2.24) is 10.4 Å². The molecule has 0 spiro atoms. The Morgan fingerprint density at radius 2 is 1.92 bits per heavy atom. The monoisotopic (exact) mass is 365 g/mol. The number of hydrazone groups is 1. The molecule has 0 bridgehead atoms. The van der Waals surface area contributed by atoms with Crippen molar-refractivity contribution in [2.75, 3.05) is 0 Å². The number of hydrogen-bond donors (Lipinski definition) is 1. The largest absolute Gasteiger partial charge is 0.488 e. The van der Waals surface area contributed by atoms with E-state index in [1.54, 1.807) is 18.3 Å². The number of nitrogens with one attached hydrogen (secondary N) is 1. The quantitative estimate of drug-likeness (QED) is 0.529. The van der Waals surface area contributed by atoms with E-state index in [9.17, 15) is 4.79 Å². The number of benzene rings is 2. The topological polar surface area (TPSA) is 63.6 Å². The van der Waals surface area contributed by atoms with Crippen LogP contribution in [0.3, 0.4) is 0 Å². The lowest BCUT2D eigenvalue weighted by atomic mass is 10.2. The number of ether oxygens (including phenoxy) is 1. The van der Waals surface area contributed by atoms with Crippen LogP contribution in [0.4, 0.5) is 0 Å². The Morgan fingerprint density at radius 1 is 1.12 bits per heavy atom. The number of amides is 1. The van der Waals surface area contributed by atoms with Crippen LogP contribution in [0.5, 0.6) is 5.75 Å². The second-order valence-corrected chi connectivity index (χ2v) is 5.77. The highest BCUT2D eigenvalue weighted by atomic mass is 35.5. The van der Waals surface area contributed by atoms with Crippen LogP contribution < -0.4 is 10.2 Å². The molecule has 0 unspecified atom stereocenters. The number of pyridine rings is 1. The minimum absolute atomic E-state index is 0.330. The van der Waals surface area contributed by atoms with Gasteiger partial charge in [-0.1, -0.05) is 41.9 Å². The summed E-state index contributed by atoms with van der Waals surface area (Å²) >= 11 is 6.15. The van der Waals surface area contributed by atoms with Gasteiger partial charge in [-0.2, -0.15) is 5.10 Å². The third kappa shape index (κ3) is 4.68. The van der Waals surface area contributed by atoms with Crippen molar-refractivity contribution in [2.45, 2.75) is 6.61 Å². The number of carbonyl (C=O) groups excluding carboxylic acids is 1. The minimum atomic E-state index is -0.330. The van der Waals surface area contributed by atoms with Gasteiger partial charge in [0, 0.05) is 28.5 Å². The summed E-state index contributed by atoms with van der Waals surface area (Å²) in [5, 5.41) is 4.65. The Kier molecular flexibility index (Phi) is 5.96. The molecule has 130 valence electrons. The molecule has 26 heavy (non-hydrogen) atoms. The van der Waals surface area contributed by atoms with Gasteiger partial charge in [0.05, 0.1) is 11.8 Å². The summed E-state index contributed by atoms with van der Waals surface area (Å²) in [6.45, 7) is 0.340. The Labute approximate surface area is 156 Å². The summed E-state index contributed by atoms with van der Waals surface area (Å²) in [6.07, 6.45) is 4.62. The van der Waals surface area contributed by atoms with Crippen molar-refractivity contribution in [3.63, 3.8) is 0 Å². The molecule has 1 aromatic heterocycles. The maximum atomic E-state index is 12.0. The van der Waals surface area contributed by atoms with Crippen LogP contribution in [-0.2, 0) is 6.61 Å². The van der Waals surface area contributed by atoms with Crippen LogP contribution in [0.25, 0.3) is 0 Å². The van der Waals surface area contributed by atoms with Gasteiger partial charge >= 0.3 is 0 Å². The second kappa shape index (κ2) is 8.78. The van der Waals surface area contributed by atoms with E-state index < -0.39 is 0 Å². The molecule has 5 nitrogen and oxygen atoms in total. The van der Waals surface area contributed by atoms with E-state index in [-0.39, 0.29) is 5.91 Å². The fourth-order valence-corrected chi connectivity index (χ4v) is 2.40. The fraction of sp³-hybridized carbons (Fsp3) is 0.0500. The molecule has 2 aromatic carbocycles. The SMILES string of the molecule is O=C(N/N=C\c1ccccc1OCc1ccccc1Cl)c1cccnc1. The molecule has 6 heteroatoms. The van der Waals surface area contributed by atoms with E-state index in [4.69, 9.17) is 16.3 Å². The third-order valence-corrected chi connectivity index (χ3v) is 3.92. The summed E-state index contributed by atoms with van der Waals surface area (Å²) in [5.74, 6) is 0.315. The van der Waals surface area contributed by atoms with Gasteiger partial charge in [-0.25, -0.2) is 5.43 Å². The predicted octanol–water partition coefficient (Wildman–Crippen LogP) is 4.08. The molecule has 0 radical (unpaired) electrons. The number of nitrogens with zero attached hydrogens (tertiary/aromatic N) is 2.